The Hall–Kier alpha value is -3.35. The van der Waals surface area contributed by atoms with E-state index in [9.17, 15) is 4.79 Å². The van der Waals surface area contributed by atoms with Gasteiger partial charge in [0.05, 0.1) is 5.52 Å². The molecule has 4 heterocycles. The Morgan fingerprint density at radius 2 is 2.00 bits per heavy atom. The molecule has 1 N–H and O–H groups in total. The van der Waals surface area contributed by atoms with Gasteiger partial charge >= 0.3 is 0 Å². The summed E-state index contributed by atoms with van der Waals surface area (Å²) in [6.07, 6.45) is 9.07. The van der Waals surface area contributed by atoms with Crippen molar-refractivity contribution in [2.45, 2.75) is 33.1 Å². The second kappa shape index (κ2) is 7.11. The van der Waals surface area contributed by atoms with E-state index in [1.165, 1.54) is 6.33 Å². The standard InChI is InChI=1S/C20H20N6O/c1-3-4-5-15-6-13(2)17(10-21-15)16-7-14-9-22-19(24-12-27)8-18(14)26-20(16)23-11-25-26/h6-12H,3-5H2,1-2H3,(H,22,24,27). The molecule has 0 aliphatic carbocycles. The summed E-state index contributed by atoms with van der Waals surface area (Å²) >= 11 is 0. The Morgan fingerprint density at radius 3 is 2.78 bits per heavy atom. The van der Waals surface area contributed by atoms with Crippen LogP contribution in [0, 0.1) is 6.92 Å². The van der Waals surface area contributed by atoms with Crippen LogP contribution in [0.25, 0.3) is 27.7 Å². The highest BCUT2D eigenvalue weighted by molar-refractivity contribution is 5.92. The van der Waals surface area contributed by atoms with Crippen LogP contribution in [-0.2, 0) is 11.2 Å². The van der Waals surface area contributed by atoms with E-state index in [-0.39, 0.29) is 0 Å². The minimum Gasteiger partial charge on any atom is -0.313 e. The molecule has 0 saturated carbocycles. The van der Waals surface area contributed by atoms with Crippen molar-refractivity contribution in [2.24, 2.45) is 0 Å². The van der Waals surface area contributed by atoms with Crippen LogP contribution < -0.4 is 5.32 Å². The SMILES string of the molecule is CCCCc1cc(C)c(-c2cc3cnc(NC=O)cc3n3ncnc23)cn1. The van der Waals surface area contributed by atoms with Gasteiger partial charge in [0.1, 0.15) is 12.1 Å². The molecule has 0 spiro atoms. The van der Waals surface area contributed by atoms with Crippen molar-refractivity contribution < 1.29 is 4.79 Å². The van der Waals surface area contributed by atoms with Crippen LogP contribution in [0.5, 0.6) is 0 Å². The van der Waals surface area contributed by atoms with Crippen LogP contribution in [0.2, 0.25) is 0 Å². The largest absolute Gasteiger partial charge is 0.313 e. The molecule has 1 amide bonds. The van der Waals surface area contributed by atoms with Crippen molar-refractivity contribution in [3.8, 4) is 11.1 Å². The lowest BCUT2D eigenvalue weighted by atomic mass is 10.0. The molecule has 4 rings (SSSR count). The highest BCUT2D eigenvalue weighted by Crippen LogP contribution is 2.30. The molecule has 0 aliphatic heterocycles. The number of carbonyl (C=O) groups is 1. The number of unbranched alkanes of at least 4 members (excludes halogenated alkanes) is 1. The lowest BCUT2D eigenvalue weighted by Gasteiger charge is -2.11. The lowest BCUT2D eigenvalue weighted by Crippen LogP contribution is -2.00. The molecule has 0 radical (unpaired) electrons. The molecule has 7 nitrogen and oxygen atoms in total. The van der Waals surface area contributed by atoms with Gasteiger partial charge in [-0.15, -0.1) is 0 Å². The fourth-order valence-electron chi connectivity index (χ4n) is 3.30. The van der Waals surface area contributed by atoms with E-state index in [0.717, 1.165) is 58.2 Å². The van der Waals surface area contributed by atoms with Gasteiger partial charge in [-0.1, -0.05) is 13.3 Å². The fourth-order valence-corrected chi connectivity index (χ4v) is 3.30. The summed E-state index contributed by atoms with van der Waals surface area (Å²) in [5.41, 5.74) is 5.85. The molecule has 7 heteroatoms. The zero-order valence-electron chi connectivity index (χ0n) is 15.3. The van der Waals surface area contributed by atoms with Crippen molar-refractivity contribution in [3.05, 3.63) is 48.2 Å². The van der Waals surface area contributed by atoms with Crippen molar-refractivity contribution in [1.29, 1.82) is 0 Å². The van der Waals surface area contributed by atoms with Crippen LogP contribution >= 0.6 is 0 Å². The van der Waals surface area contributed by atoms with E-state index >= 15 is 0 Å². The number of hydrogen-bond acceptors (Lipinski definition) is 5. The first-order valence-electron chi connectivity index (χ1n) is 9.00. The first-order valence-corrected chi connectivity index (χ1v) is 9.00. The maximum atomic E-state index is 10.7. The summed E-state index contributed by atoms with van der Waals surface area (Å²) in [5.74, 6) is 0.472. The van der Waals surface area contributed by atoms with E-state index in [4.69, 9.17) is 0 Å². The average molecular weight is 360 g/mol. The molecule has 0 aromatic carbocycles. The molecule has 0 aliphatic rings. The number of amides is 1. The summed E-state index contributed by atoms with van der Waals surface area (Å²) in [6.45, 7) is 4.28. The van der Waals surface area contributed by atoms with Gasteiger partial charge in [0.25, 0.3) is 0 Å². The van der Waals surface area contributed by atoms with Gasteiger partial charge in [0.15, 0.2) is 5.65 Å². The van der Waals surface area contributed by atoms with E-state index in [0.29, 0.717) is 12.2 Å². The van der Waals surface area contributed by atoms with Gasteiger partial charge in [-0.2, -0.15) is 5.10 Å². The molecule has 4 aromatic rings. The number of hydrogen-bond donors (Lipinski definition) is 1. The van der Waals surface area contributed by atoms with Crippen LogP contribution in [0.15, 0.2) is 36.9 Å². The third-order valence-corrected chi connectivity index (χ3v) is 4.68. The predicted molar refractivity (Wildman–Crippen MR) is 105 cm³/mol. The number of aromatic nitrogens is 5. The number of aryl methyl sites for hydroxylation is 2. The molecular weight excluding hydrogens is 340 g/mol. The predicted octanol–water partition coefficient (Wildman–Crippen LogP) is 3.56. The third-order valence-electron chi connectivity index (χ3n) is 4.68. The maximum Gasteiger partial charge on any atom is 0.212 e. The first-order chi connectivity index (χ1) is 13.2. The Balaban J connectivity index is 1.87. The number of carbonyl (C=O) groups excluding carboxylic acids is 1. The van der Waals surface area contributed by atoms with Gasteiger partial charge in [0, 0.05) is 40.7 Å². The number of anilines is 1. The summed E-state index contributed by atoms with van der Waals surface area (Å²) in [4.78, 5) is 24.1. The topological polar surface area (TPSA) is 85.1 Å². The summed E-state index contributed by atoms with van der Waals surface area (Å²) in [5, 5.41) is 7.85. The van der Waals surface area contributed by atoms with E-state index in [2.05, 4.69) is 45.3 Å². The number of nitrogens with zero attached hydrogens (tertiary/aromatic N) is 5. The molecule has 4 aromatic heterocycles. The molecule has 0 fully saturated rings. The van der Waals surface area contributed by atoms with Crippen molar-refractivity contribution in [2.75, 3.05) is 5.32 Å². The van der Waals surface area contributed by atoms with Crippen molar-refractivity contribution in [3.63, 3.8) is 0 Å². The number of fused-ring (bicyclic) bond motifs is 3. The smallest absolute Gasteiger partial charge is 0.212 e. The number of nitrogens with one attached hydrogen (secondary N) is 1. The second-order valence-electron chi connectivity index (χ2n) is 6.54. The quantitative estimate of drug-likeness (QED) is 0.531. The third kappa shape index (κ3) is 3.12. The second-order valence-corrected chi connectivity index (χ2v) is 6.54. The summed E-state index contributed by atoms with van der Waals surface area (Å²) in [7, 11) is 0. The van der Waals surface area contributed by atoms with Gasteiger partial charge in [-0.05, 0) is 37.5 Å². The Morgan fingerprint density at radius 1 is 1.11 bits per heavy atom. The number of rotatable bonds is 6. The van der Waals surface area contributed by atoms with E-state index in [1.807, 2.05) is 12.3 Å². The minimum atomic E-state index is 0.472. The number of pyridine rings is 3. The molecule has 0 unspecified atom stereocenters. The minimum absolute atomic E-state index is 0.472. The Bertz CT molecular complexity index is 1130. The zero-order valence-corrected chi connectivity index (χ0v) is 15.3. The van der Waals surface area contributed by atoms with Crippen LogP contribution in [-0.4, -0.2) is 31.0 Å². The van der Waals surface area contributed by atoms with Gasteiger partial charge < -0.3 is 5.32 Å². The van der Waals surface area contributed by atoms with E-state index in [1.54, 1.807) is 16.8 Å². The molecule has 136 valence electrons. The highest BCUT2D eigenvalue weighted by atomic mass is 16.1. The molecule has 0 bridgehead atoms. The average Bonchev–Trinajstić information content (AvgIpc) is 3.17. The lowest BCUT2D eigenvalue weighted by molar-refractivity contribution is -0.105. The van der Waals surface area contributed by atoms with Crippen LogP contribution in [0.4, 0.5) is 5.82 Å². The van der Waals surface area contributed by atoms with Crippen LogP contribution in [0.3, 0.4) is 0 Å². The molecule has 0 saturated heterocycles. The summed E-state index contributed by atoms with van der Waals surface area (Å²) in [6, 6.07) is 5.98. The van der Waals surface area contributed by atoms with Crippen molar-refractivity contribution >= 4 is 28.8 Å². The fraction of sp³-hybridized carbons (Fsp3) is 0.250. The van der Waals surface area contributed by atoms with E-state index < -0.39 is 0 Å². The van der Waals surface area contributed by atoms with Gasteiger partial charge in [0.2, 0.25) is 6.41 Å². The molecule has 0 atom stereocenters. The zero-order chi connectivity index (χ0) is 18.8. The van der Waals surface area contributed by atoms with Crippen molar-refractivity contribution in [1.82, 2.24) is 24.6 Å². The van der Waals surface area contributed by atoms with Gasteiger partial charge in [-0.25, -0.2) is 14.5 Å². The molecular formula is C20H20N6O. The highest BCUT2D eigenvalue weighted by Gasteiger charge is 2.14. The monoisotopic (exact) mass is 360 g/mol. The normalized spacial score (nSPS) is 11.2. The first kappa shape index (κ1) is 17.1. The Kier molecular flexibility index (Phi) is 4.50. The van der Waals surface area contributed by atoms with Gasteiger partial charge in [-0.3, -0.25) is 9.78 Å². The molecule has 27 heavy (non-hydrogen) atoms. The maximum absolute atomic E-state index is 10.7. The van der Waals surface area contributed by atoms with Crippen LogP contribution in [0.1, 0.15) is 31.0 Å². The summed E-state index contributed by atoms with van der Waals surface area (Å²) < 4.78 is 1.77. The Labute approximate surface area is 156 Å².